The van der Waals surface area contributed by atoms with Crippen molar-refractivity contribution in [1.29, 1.82) is 0 Å². The van der Waals surface area contributed by atoms with E-state index in [1.54, 1.807) is 7.11 Å². The zero-order valence-electron chi connectivity index (χ0n) is 25.1. The third kappa shape index (κ3) is 8.07. The van der Waals surface area contributed by atoms with Crippen molar-refractivity contribution in [2.24, 2.45) is 5.92 Å². The second kappa shape index (κ2) is 15.4. The van der Waals surface area contributed by atoms with Gasteiger partial charge in [0.2, 0.25) is 12.7 Å². The van der Waals surface area contributed by atoms with Gasteiger partial charge >= 0.3 is 5.97 Å². The molecular weight excluding hydrogens is 558 g/mol. The molecule has 0 saturated carbocycles. The predicted molar refractivity (Wildman–Crippen MR) is 156 cm³/mol. The number of methoxy groups -OCH3 is 1. The largest absolute Gasteiger partial charge is 0.497 e. The van der Waals surface area contributed by atoms with Crippen LogP contribution in [0.3, 0.4) is 0 Å². The Labute approximate surface area is 251 Å². The number of benzene rings is 2. The van der Waals surface area contributed by atoms with Crippen LogP contribution < -0.4 is 14.2 Å². The van der Waals surface area contributed by atoms with Crippen molar-refractivity contribution in [3.05, 3.63) is 63.7 Å². The molecule has 2 aliphatic heterocycles. The standard InChI is InChI=1S/C31H41N3O9/c1-4-6-14-32(15-7-5-2)28(35)20-33-19-25(23-10-13-26-27(18-23)42-21-41-26)29(31(36)40-16-17-43-34(37)38)30(33)22-8-11-24(39-3)12-9-22/h8-13,18,25,29-30H,4-7,14-17,19-21H2,1-3H3/t25-,29-,30+/m1/s1. The van der Waals surface area contributed by atoms with E-state index in [9.17, 15) is 19.7 Å². The number of amides is 1. The molecule has 0 bridgehead atoms. The molecule has 12 heteroatoms. The minimum atomic E-state index is -0.921. The van der Waals surface area contributed by atoms with E-state index in [1.165, 1.54) is 0 Å². The SMILES string of the molecule is CCCCN(CCCC)C(=O)CN1C[C@H](c2ccc3c(c2)OCO3)[C@@H](C(=O)OCCO[N+](=O)[O-])[C@@H]1c1ccc(OC)cc1. The summed E-state index contributed by atoms with van der Waals surface area (Å²) in [6.07, 6.45) is 3.79. The number of likely N-dealkylation sites (tertiary alicyclic amines) is 1. The average Bonchev–Trinajstić information content (AvgIpc) is 3.63. The summed E-state index contributed by atoms with van der Waals surface area (Å²) in [6, 6.07) is 12.5. The van der Waals surface area contributed by atoms with Gasteiger partial charge in [0.25, 0.3) is 5.09 Å². The highest BCUT2D eigenvalue weighted by Gasteiger charge is 2.49. The van der Waals surface area contributed by atoms with Crippen molar-refractivity contribution in [3.8, 4) is 17.2 Å². The minimum Gasteiger partial charge on any atom is -0.497 e. The number of nitrogens with zero attached hydrogens (tertiary/aromatic N) is 3. The van der Waals surface area contributed by atoms with E-state index in [4.69, 9.17) is 18.9 Å². The Morgan fingerprint density at radius 2 is 1.67 bits per heavy atom. The number of carbonyl (C=O) groups excluding carboxylic acids is 2. The number of unbranched alkanes of at least 4 members (excludes halogenated alkanes) is 2. The van der Waals surface area contributed by atoms with E-state index in [-0.39, 0.29) is 38.4 Å². The number of ether oxygens (including phenoxy) is 4. The van der Waals surface area contributed by atoms with Gasteiger partial charge in [-0.2, -0.15) is 0 Å². The summed E-state index contributed by atoms with van der Waals surface area (Å²) < 4.78 is 22.0. The molecule has 12 nitrogen and oxygen atoms in total. The smallest absolute Gasteiger partial charge is 0.311 e. The predicted octanol–water partition coefficient (Wildman–Crippen LogP) is 4.36. The summed E-state index contributed by atoms with van der Waals surface area (Å²) in [5.41, 5.74) is 1.67. The number of esters is 1. The number of rotatable bonds is 16. The zero-order chi connectivity index (χ0) is 30.8. The number of hydrogen-bond acceptors (Lipinski definition) is 10. The van der Waals surface area contributed by atoms with Crippen molar-refractivity contribution in [3.63, 3.8) is 0 Å². The Bertz CT molecular complexity index is 1230. The maximum atomic E-state index is 13.8. The topological polar surface area (TPSA) is 130 Å². The third-order valence-electron chi connectivity index (χ3n) is 7.93. The lowest BCUT2D eigenvalue weighted by Gasteiger charge is -2.30. The summed E-state index contributed by atoms with van der Waals surface area (Å²) in [6.45, 7) is 5.57. The normalized spacial score (nSPS) is 19.2. The Balaban J connectivity index is 1.69. The van der Waals surface area contributed by atoms with Crippen LogP contribution in [0, 0.1) is 16.0 Å². The molecule has 2 aromatic rings. The monoisotopic (exact) mass is 599 g/mol. The highest BCUT2D eigenvalue weighted by Crippen LogP contribution is 2.48. The first-order chi connectivity index (χ1) is 20.9. The van der Waals surface area contributed by atoms with E-state index >= 15 is 0 Å². The molecule has 0 N–H and O–H groups in total. The highest BCUT2D eigenvalue weighted by molar-refractivity contribution is 5.80. The Hall–Kier alpha value is -4.06. The molecule has 3 atom stereocenters. The summed E-state index contributed by atoms with van der Waals surface area (Å²) in [5.74, 6) is 0.273. The van der Waals surface area contributed by atoms with Crippen LogP contribution in [-0.4, -0.2) is 80.1 Å². The third-order valence-corrected chi connectivity index (χ3v) is 7.93. The van der Waals surface area contributed by atoms with Gasteiger partial charge in [0.1, 0.15) is 19.0 Å². The van der Waals surface area contributed by atoms with Gasteiger partial charge in [-0.15, -0.1) is 10.1 Å². The summed E-state index contributed by atoms with van der Waals surface area (Å²) in [7, 11) is 1.58. The Kier molecular flexibility index (Phi) is 11.4. The van der Waals surface area contributed by atoms with E-state index in [2.05, 4.69) is 18.7 Å². The van der Waals surface area contributed by atoms with Gasteiger partial charge in [-0.25, -0.2) is 0 Å². The van der Waals surface area contributed by atoms with E-state index in [1.807, 2.05) is 52.3 Å². The molecule has 0 aromatic heterocycles. The van der Waals surface area contributed by atoms with Crippen LogP contribution in [-0.2, 0) is 19.2 Å². The molecule has 1 saturated heterocycles. The molecular formula is C31H41N3O9. The second-order valence-electron chi connectivity index (χ2n) is 10.7. The van der Waals surface area contributed by atoms with Gasteiger partial charge in [0.15, 0.2) is 11.5 Å². The quantitative estimate of drug-likeness (QED) is 0.119. The lowest BCUT2D eigenvalue weighted by Crippen LogP contribution is -2.42. The van der Waals surface area contributed by atoms with Crippen molar-refractivity contribution in [1.82, 2.24) is 9.80 Å². The number of hydrogen-bond donors (Lipinski definition) is 0. The summed E-state index contributed by atoms with van der Waals surface area (Å²) >= 11 is 0. The van der Waals surface area contributed by atoms with Crippen LogP contribution in [0.25, 0.3) is 0 Å². The van der Waals surface area contributed by atoms with Crippen LogP contribution in [0.4, 0.5) is 0 Å². The molecule has 1 fully saturated rings. The average molecular weight is 600 g/mol. The van der Waals surface area contributed by atoms with Crippen molar-refractivity contribution < 1.29 is 38.5 Å². The van der Waals surface area contributed by atoms with Gasteiger partial charge in [-0.1, -0.05) is 44.9 Å². The maximum Gasteiger partial charge on any atom is 0.311 e. The molecule has 1 amide bonds. The lowest BCUT2D eigenvalue weighted by molar-refractivity contribution is -0.757. The van der Waals surface area contributed by atoms with Crippen LogP contribution in [0.2, 0.25) is 0 Å². The number of carbonyl (C=O) groups is 2. The zero-order valence-corrected chi connectivity index (χ0v) is 25.1. The van der Waals surface area contributed by atoms with Crippen LogP contribution >= 0.6 is 0 Å². The van der Waals surface area contributed by atoms with Gasteiger partial charge < -0.3 is 28.7 Å². The van der Waals surface area contributed by atoms with Gasteiger partial charge in [-0.3, -0.25) is 14.5 Å². The minimum absolute atomic E-state index is 0.0123. The first kappa shape index (κ1) is 31.9. The fourth-order valence-electron chi connectivity index (χ4n) is 5.74. The maximum absolute atomic E-state index is 13.8. The van der Waals surface area contributed by atoms with Crippen molar-refractivity contribution in [2.45, 2.75) is 51.5 Å². The lowest BCUT2D eigenvalue weighted by atomic mass is 9.82. The molecule has 0 spiro atoms. The fraction of sp³-hybridized carbons (Fsp3) is 0.548. The molecule has 0 unspecified atom stereocenters. The second-order valence-corrected chi connectivity index (χ2v) is 10.7. The van der Waals surface area contributed by atoms with E-state index < -0.39 is 23.0 Å². The van der Waals surface area contributed by atoms with Gasteiger partial charge in [0.05, 0.1) is 19.6 Å². The fourth-order valence-corrected chi connectivity index (χ4v) is 5.74. The molecule has 43 heavy (non-hydrogen) atoms. The first-order valence-electron chi connectivity index (χ1n) is 14.9. The van der Waals surface area contributed by atoms with Crippen LogP contribution in [0.15, 0.2) is 42.5 Å². The molecule has 0 aliphatic carbocycles. The van der Waals surface area contributed by atoms with Gasteiger partial charge in [0, 0.05) is 31.6 Å². The summed E-state index contributed by atoms with van der Waals surface area (Å²) in [5, 5.41) is 9.70. The Morgan fingerprint density at radius 1 is 1.00 bits per heavy atom. The van der Waals surface area contributed by atoms with Crippen molar-refractivity contribution in [2.75, 3.05) is 53.3 Å². The molecule has 0 radical (unpaired) electrons. The van der Waals surface area contributed by atoms with Crippen molar-refractivity contribution >= 4 is 11.9 Å². The van der Waals surface area contributed by atoms with Gasteiger partial charge in [-0.05, 0) is 48.2 Å². The van der Waals surface area contributed by atoms with E-state index in [0.717, 1.165) is 36.8 Å². The molecule has 4 rings (SSSR count). The molecule has 2 aliphatic rings. The molecule has 2 heterocycles. The molecule has 234 valence electrons. The van der Waals surface area contributed by atoms with Crippen LogP contribution in [0.5, 0.6) is 17.2 Å². The summed E-state index contributed by atoms with van der Waals surface area (Å²) in [4.78, 5) is 46.5. The Morgan fingerprint density at radius 3 is 2.33 bits per heavy atom. The van der Waals surface area contributed by atoms with Crippen LogP contribution in [0.1, 0.15) is 62.6 Å². The molecule has 2 aromatic carbocycles. The van der Waals surface area contributed by atoms with E-state index in [0.29, 0.717) is 36.9 Å². The number of fused-ring (bicyclic) bond motifs is 1. The first-order valence-corrected chi connectivity index (χ1v) is 14.9. The highest BCUT2D eigenvalue weighted by atomic mass is 17.0.